The SMILES string of the molecule is CC1=NS(=O)(=O)c2cc3c(=O)n(-c4ccc(NC(=O)NCCc5ccc(Cl)s5)cc4F)c(C)nc3cc2N1. The van der Waals surface area contributed by atoms with Crippen LogP contribution in [0, 0.1) is 12.7 Å². The molecule has 10 nitrogen and oxygen atoms in total. The Hall–Kier alpha value is -3.81. The van der Waals surface area contributed by atoms with E-state index in [9.17, 15) is 18.0 Å². The van der Waals surface area contributed by atoms with Crippen LogP contribution in [0.15, 0.2) is 56.6 Å². The van der Waals surface area contributed by atoms with Crippen LogP contribution in [0.5, 0.6) is 0 Å². The number of thiophene rings is 1. The van der Waals surface area contributed by atoms with Crippen molar-refractivity contribution in [2.45, 2.75) is 25.2 Å². The fourth-order valence-electron chi connectivity index (χ4n) is 4.09. The number of aryl methyl sites for hydroxylation is 1. The van der Waals surface area contributed by atoms with Gasteiger partial charge in [-0.05, 0) is 62.7 Å². The van der Waals surface area contributed by atoms with E-state index >= 15 is 4.39 Å². The molecule has 0 radical (unpaired) electrons. The molecular weight excluding hydrogens is 555 g/mol. The minimum atomic E-state index is -4.01. The van der Waals surface area contributed by atoms with Crippen LogP contribution in [0.2, 0.25) is 4.34 Å². The van der Waals surface area contributed by atoms with Crippen LogP contribution >= 0.6 is 22.9 Å². The molecule has 3 N–H and O–H groups in total. The molecule has 0 unspecified atom stereocenters. The number of fused-ring (bicyclic) bond motifs is 2. The summed E-state index contributed by atoms with van der Waals surface area (Å²) in [6.07, 6.45) is 0.599. The molecule has 0 bridgehead atoms. The Labute approximate surface area is 225 Å². The number of nitrogens with zero attached hydrogens (tertiary/aromatic N) is 3. The second-order valence-electron chi connectivity index (χ2n) is 8.44. The molecule has 0 fully saturated rings. The largest absolute Gasteiger partial charge is 0.342 e. The van der Waals surface area contributed by atoms with Gasteiger partial charge in [0.15, 0.2) is 0 Å². The van der Waals surface area contributed by atoms with Gasteiger partial charge in [0.1, 0.15) is 22.4 Å². The van der Waals surface area contributed by atoms with E-state index in [4.69, 9.17) is 11.6 Å². The van der Waals surface area contributed by atoms with E-state index in [0.717, 1.165) is 15.5 Å². The zero-order valence-electron chi connectivity index (χ0n) is 20.0. The number of benzene rings is 2. The standard InChI is InChI=1S/C24H20ClFN6O4S2/c1-12-28-19-11-18-16(10-21(19)38(35,36)31-12)23(33)32(13(2)29-18)20-5-3-14(9-17(20)26)30-24(34)27-8-7-15-4-6-22(25)37-15/h3-6,9-11H,7-8H2,1-2H3,(H,28,31)(H2,27,30,34). The highest BCUT2D eigenvalue weighted by atomic mass is 35.5. The minimum Gasteiger partial charge on any atom is -0.342 e. The summed E-state index contributed by atoms with van der Waals surface area (Å²) in [7, 11) is -4.01. The van der Waals surface area contributed by atoms with Crippen LogP contribution in [0.25, 0.3) is 16.6 Å². The number of rotatable bonds is 5. The lowest BCUT2D eigenvalue weighted by molar-refractivity contribution is 0.252. The number of sulfonamides is 1. The molecule has 2 aromatic carbocycles. The van der Waals surface area contributed by atoms with Gasteiger partial charge in [-0.3, -0.25) is 9.36 Å². The van der Waals surface area contributed by atoms with Gasteiger partial charge in [-0.15, -0.1) is 15.7 Å². The van der Waals surface area contributed by atoms with Crippen molar-refractivity contribution >= 4 is 67.1 Å². The van der Waals surface area contributed by atoms with Crippen LogP contribution in [-0.2, 0) is 16.4 Å². The minimum absolute atomic E-state index is 0.0116. The summed E-state index contributed by atoms with van der Waals surface area (Å²) in [4.78, 5) is 30.9. The third-order valence-electron chi connectivity index (χ3n) is 5.72. The van der Waals surface area contributed by atoms with Crippen molar-refractivity contribution in [1.29, 1.82) is 0 Å². The number of nitrogens with one attached hydrogen (secondary N) is 3. The number of hydrogen-bond acceptors (Lipinski definition) is 7. The first kappa shape index (κ1) is 25.8. The Morgan fingerprint density at radius 1 is 1.18 bits per heavy atom. The highest BCUT2D eigenvalue weighted by Crippen LogP contribution is 2.31. The molecule has 5 rings (SSSR count). The van der Waals surface area contributed by atoms with Gasteiger partial charge in [0.25, 0.3) is 15.6 Å². The average molecular weight is 575 g/mol. The molecule has 0 saturated carbocycles. The Morgan fingerprint density at radius 3 is 2.68 bits per heavy atom. The number of halogens is 2. The third kappa shape index (κ3) is 4.99. The highest BCUT2D eigenvalue weighted by Gasteiger charge is 2.26. The van der Waals surface area contributed by atoms with Crippen molar-refractivity contribution in [2.24, 2.45) is 4.40 Å². The monoisotopic (exact) mass is 574 g/mol. The van der Waals surface area contributed by atoms with Crippen molar-refractivity contribution in [3.63, 3.8) is 0 Å². The summed E-state index contributed by atoms with van der Waals surface area (Å²) in [5, 5.41) is 8.10. The molecule has 2 aromatic heterocycles. The number of carbonyl (C=O) groups is 1. The highest BCUT2D eigenvalue weighted by molar-refractivity contribution is 7.90. The van der Waals surface area contributed by atoms with E-state index in [0.29, 0.717) is 17.3 Å². The maximum atomic E-state index is 15.2. The summed E-state index contributed by atoms with van der Waals surface area (Å²) in [5.41, 5.74) is -0.0622. The lowest BCUT2D eigenvalue weighted by atomic mass is 10.2. The van der Waals surface area contributed by atoms with E-state index in [1.165, 1.54) is 49.4 Å². The molecule has 1 aliphatic heterocycles. The van der Waals surface area contributed by atoms with Gasteiger partial charge in [0, 0.05) is 17.1 Å². The molecule has 3 heterocycles. The summed E-state index contributed by atoms with van der Waals surface area (Å²) in [6, 6.07) is 9.67. The predicted molar refractivity (Wildman–Crippen MR) is 146 cm³/mol. The van der Waals surface area contributed by atoms with E-state index in [1.807, 2.05) is 6.07 Å². The van der Waals surface area contributed by atoms with Crippen molar-refractivity contribution in [1.82, 2.24) is 14.9 Å². The molecule has 0 aliphatic carbocycles. The number of urea groups is 1. The molecule has 196 valence electrons. The van der Waals surface area contributed by atoms with Gasteiger partial charge in [-0.2, -0.15) is 8.42 Å². The lowest BCUT2D eigenvalue weighted by Crippen LogP contribution is -2.30. The lowest BCUT2D eigenvalue weighted by Gasteiger charge is -2.18. The summed E-state index contributed by atoms with van der Waals surface area (Å²) < 4.78 is 45.5. The number of carbonyl (C=O) groups excluding carboxylic acids is 1. The normalized spacial score (nSPS) is 13.9. The van der Waals surface area contributed by atoms with Gasteiger partial charge >= 0.3 is 6.03 Å². The number of hydrogen-bond donors (Lipinski definition) is 3. The molecule has 0 spiro atoms. The number of amidine groups is 1. The zero-order chi connectivity index (χ0) is 27.2. The van der Waals surface area contributed by atoms with Crippen molar-refractivity contribution < 1.29 is 17.6 Å². The van der Waals surface area contributed by atoms with Gasteiger partial charge in [-0.1, -0.05) is 11.6 Å². The van der Waals surface area contributed by atoms with E-state index < -0.39 is 27.4 Å². The van der Waals surface area contributed by atoms with Crippen LogP contribution in [0.4, 0.5) is 20.6 Å². The average Bonchev–Trinajstić information content (AvgIpc) is 3.23. The maximum Gasteiger partial charge on any atom is 0.319 e. The summed E-state index contributed by atoms with van der Waals surface area (Å²) in [6.45, 7) is 3.41. The Morgan fingerprint density at radius 2 is 1.97 bits per heavy atom. The van der Waals surface area contributed by atoms with E-state index in [-0.39, 0.29) is 44.5 Å². The third-order valence-corrected chi connectivity index (χ3v) is 8.42. The van der Waals surface area contributed by atoms with Crippen LogP contribution in [0.3, 0.4) is 0 Å². The predicted octanol–water partition coefficient (Wildman–Crippen LogP) is 4.44. The van der Waals surface area contributed by atoms with Crippen LogP contribution in [-0.4, -0.2) is 36.4 Å². The molecule has 0 saturated heterocycles. The molecule has 4 aromatic rings. The molecule has 2 amide bonds. The summed E-state index contributed by atoms with van der Waals surface area (Å²) in [5.74, 6) is -0.397. The maximum absolute atomic E-state index is 15.2. The molecule has 0 atom stereocenters. The quantitative estimate of drug-likeness (QED) is 0.322. The van der Waals surface area contributed by atoms with Gasteiger partial charge in [0.05, 0.1) is 26.6 Å². The number of anilines is 2. The second kappa shape index (κ2) is 9.82. The van der Waals surface area contributed by atoms with Gasteiger partial charge < -0.3 is 16.0 Å². The van der Waals surface area contributed by atoms with E-state index in [2.05, 4.69) is 25.3 Å². The van der Waals surface area contributed by atoms with E-state index in [1.54, 1.807) is 6.07 Å². The fraction of sp³-hybridized carbons (Fsp3) is 0.167. The number of aromatic nitrogens is 2. The Kier molecular flexibility index (Phi) is 6.67. The first-order valence-corrected chi connectivity index (χ1v) is 13.9. The Balaban J connectivity index is 1.40. The second-order valence-corrected chi connectivity index (χ2v) is 11.8. The number of amides is 2. The van der Waals surface area contributed by atoms with Crippen molar-refractivity contribution in [2.75, 3.05) is 17.2 Å². The smallest absolute Gasteiger partial charge is 0.319 e. The van der Waals surface area contributed by atoms with Gasteiger partial charge in [-0.25, -0.2) is 14.2 Å². The first-order chi connectivity index (χ1) is 18.0. The fourth-order valence-corrected chi connectivity index (χ4v) is 6.34. The van der Waals surface area contributed by atoms with Crippen molar-refractivity contribution in [3.8, 4) is 5.69 Å². The van der Waals surface area contributed by atoms with Crippen molar-refractivity contribution in [3.05, 3.63) is 73.7 Å². The molecular formula is C24H20ClFN6O4S2. The zero-order valence-corrected chi connectivity index (χ0v) is 22.4. The van der Waals surface area contributed by atoms with Crippen LogP contribution < -0.4 is 21.5 Å². The Bertz CT molecular complexity index is 1820. The molecule has 38 heavy (non-hydrogen) atoms. The van der Waals surface area contributed by atoms with Crippen LogP contribution in [0.1, 0.15) is 17.6 Å². The molecule has 1 aliphatic rings. The summed E-state index contributed by atoms with van der Waals surface area (Å²) >= 11 is 7.33. The topological polar surface area (TPSA) is 135 Å². The molecule has 14 heteroatoms. The van der Waals surface area contributed by atoms with Gasteiger partial charge in [0.2, 0.25) is 0 Å². The first-order valence-electron chi connectivity index (χ1n) is 11.3.